The maximum atomic E-state index is 13.0. The number of hydrogen-bond acceptors (Lipinski definition) is 6. The summed E-state index contributed by atoms with van der Waals surface area (Å²) >= 11 is 0. The molecule has 2 amide bonds. The molecule has 2 aromatic rings. The summed E-state index contributed by atoms with van der Waals surface area (Å²) in [6.45, 7) is 1.61. The van der Waals surface area contributed by atoms with Crippen molar-refractivity contribution < 1.29 is 19.1 Å². The largest absolute Gasteiger partial charge is 0.489 e. The van der Waals surface area contributed by atoms with Gasteiger partial charge in [-0.25, -0.2) is 9.67 Å². The fourth-order valence-corrected chi connectivity index (χ4v) is 4.79. The highest BCUT2D eigenvalue weighted by Gasteiger charge is 2.34. The first-order chi connectivity index (χ1) is 15.1. The molecular weight excluding hydrogens is 398 g/mol. The molecule has 0 bridgehead atoms. The van der Waals surface area contributed by atoms with Gasteiger partial charge in [-0.2, -0.15) is 0 Å². The summed E-state index contributed by atoms with van der Waals surface area (Å²) in [5, 5.41) is 7.35. The van der Waals surface area contributed by atoms with Gasteiger partial charge in [0.1, 0.15) is 24.2 Å². The molecule has 1 saturated heterocycles. The van der Waals surface area contributed by atoms with Crippen LogP contribution in [0, 0.1) is 5.92 Å². The fraction of sp³-hybridized carbons (Fsp3) is 0.545. The zero-order valence-corrected chi connectivity index (χ0v) is 17.6. The van der Waals surface area contributed by atoms with E-state index in [0.29, 0.717) is 17.4 Å². The van der Waals surface area contributed by atoms with Crippen LogP contribution in [0.2, 0.25) is 0 Å². The molecule has 31 heavy (non-hydrogen) atoms. The quantitative estimate of drug-likeness (QED) is 0.804. The molecule has 0 radical (unpaired) electrons. The second-order valence-corrected chi connectivity index (χ2v) is 8.41. The second-order valence-electron chi connectivity index (χ2n) is 8.41. The smallest absolute Gasteiger partial charge is 0.291 e. The minimum Gasteiger partial charge on any atom is -0.489 e. The van der Waals surface area contributed by atoms with Gasteiger partial charge in [-0.05, 0) is 43.7 Å². The van der Waals surface area contributed by atoms with Gasteiger partial charge in [-0.15, -0.1) is 5.10 Å². The fourth-order valence-electron chi connectivity index (χ4n) is 4.79. The molecule has 9 nitrogen and oxygen atoms in total. The van der Waals surface area contributed by atoms with Crippen LogP contribution < -0.4 is 15.0 Å². The lowest BCUT2D eigenvalue weighted by Crippen LogP contribution is -2.49. The summed E-state index contributed by atoms with van der Waals surface area (Å²) in [6.07, 6.45) is 4.90. The van der Waals surface area contributed by atoms with Crippen LogP contribution in [0.1, 0.15) is 48.2 Å². The van der Waals surface area contributed by atoms with E-state index in [4.69, 9.17) is 9.47 Å². The maximum Gasteiger partial charge on any atom is 0.291 e. The molecule has 9 heteroatoms. The topological polar surface area (TPSA) is 98.6 Å². The Hall–Kier alpha value is -2.94. The van der Waals surface area contributed by atoms with Gasteiger partial charge < -0.3 is 19.7 Å². The van der Waals surface area contributed by atoms with Gasteiger partial charge in [-0.3, -0.25) is 9.59 Å². The van der Waals surface area contributed by atoms with Crippen LogP contribution in [-0.2, 0) is 16.0 Å². The summed E-state index contributed by atoms with van der Waals surface area (Å²) in [5.41, 5.74) is 0.680. The minimum absolute atomic E-state index is 0.0597. The number of aryl methyl sites for hydroxylation is 1. The summed E-state index contributed by atoms with van der Waals surface area (Å²) in [6, 6.07) is 6.77. The van der Waals surface area contributed by atoms with Crippen molar-refractivity contribution in [3.8, 4) is 5.75 Å². The Morgan fingerprint density at radius 2 is 2.00 bits per heavy atom. The van der Waals surface area contributed by atoms with Crippen LogP contribution in [0.3, 0.4) is 0 Å². The predicted molar refractivity (Wildman–Crippen MR) is 112 cm³/mol. The SMILES string of the molecule is CN1C(=O)[C@@H](NC(=O)c2nc3n(n2)[C@H](C2CCOCC2)CCC3)COc2ccccc21. The van der Waals surface area contributed by atoms with E-state index in [1.165, 1.54) is 4.90 Å². The van der Waals surface area contributed by atoms with Gasteiger partial charge >= 0.3 is 0 Å². The number of benzene rings is 1. The molecule has 2 atom stereocenters. The summed E-state index contributed by atoms with van der Waals surface area (Å²) < 4.78 is 13.2. The van der Waals surface area contributed by atoms with Crippen molar-refractivity contribution in [1.29, 1.82) is 0 Å². The lowest BCUT2D eigenvalue weighted by Gasteiger charge is -2.33. The van der Waals surface area contributed by atoms with E-state index >= 15 is 0 Å². The van der Waals surface area contributed by atoms with Crippen molar-refractivity contribution in [3.63, 3.8) is 0 Å². The monoisotopic (exact) mass is 425 g/mol. The Morgan fingerprint density at radius 1 is 1.19 bits per heavy atom. The number of nitrogens with one attached hydrogen (secondary N) is 1. The van der Waals surface area contributed by atoms with Crippen LogP contribution in [0.25, 0.3) is 0 Å². The average Bonchev–Trinajstić information content (AvgIpc) is 3.22. The Balaban J connectivity index is 1.32. The molecule has 0 saturated carbocycles. The summed E-state index contributed by atoms with van der Waals surface area (Å²) in [4.78, 5) is 31.9. The van der Waals surface area contributed by atoms with Gasteiger partial charge in [0.2, 0.25) is 5.82 Å². The van der Waals surface area contributed by atoms with Crippen LogP contribution in [-0.4, -0.2) is 59.5 Å². The van der Waals surface area contributed by atoms with Crippen molar-refractivity contribution in [2.24, 2.45) is 5.92 Å². The van der Waals surface area contributed by atoms with Crippen LogP contribution in [0.15, 0.2) is 24.3 Å². The summed E-state index contributed by atoms with van der Waals surface area (Å²) in [7, 11) is 1.68. The number of amides is 2. The molecule has 4 heterocycles. The third-order valence-corrected chi connectivity index (χ3v) is 6.50. The van der Waals surface area contributed by atoms with E-state index in [2.05, 4.69) is 15.4 Å². The summed E-state index contributed by atoms with van der Waals surface area (Å²) in [5.74, 6) is 1.39. The highest BCUT2D eigenvalue weighted by atomic mass is 16.5. The lowest BCUT2D eigenvalue weighted by atomic mass is 9.87. The number of likely N-dealkylation sites (N-methyl/N-ethyl adjacent to an activating group) is 1. The Labute approximate surface area is 180 Å². The Bertz CT molecular complexity index is 984. The number of hydrogen-bond donors (Lipinski definition) is 1. The number of carbonyl (C=O) groups is 2. The van der Waals surface area contributed by atoms with Gasteiger partial charge in [0.25, 0.3) is 11.8 Å². The van der Waals surface area contributed by atoms with Gasteiger partial charge in [0.15, 0.2) is 0 Å². The standard InChI is InChI=1S/C22H27N5O4/c1-26-17-5-2-3-7-18(17)31-13-15(22(26)29)23-21(28)20-24-19-8-4-6-16(27(19)25-20)14-9-11-30-12-10-14/h2-3,5,7,14-16H,4,6,8-13H2,1H3,(H,23,28)/t15-,16-/m0/s1. The van der Waals surface area contributed by atoms with Crippen molar-refractivity contribution >= 4 is 17.5 Å². The molecule has 1 aromatic carbocycles. The molecule has 1 fully saturated rings. The molecule has 3 aliphatic rings. The van der Waals surface area contributed by atoms with Crippen molar-refractivity contribution in [2.75, 3.05) is 31.8 Å². The van der Waals surface area contributed by atoms with E-state index in [9.17, 15) is 9.59 Å². The Morgan fingerprint density at radius 3 is 2.84 bits per heavy atom. The number of nitrogens with zero attached hydrogens (tertiary/aromatic N) is 4. The van der Waals surface area contributed by atoms with E-state index in [-0.39, 0.29) is 24.4 Å². The number of carbonyl (C=O) groups excluding carboxylic acids is 2. The first-order valence-corrected chi connectivity index (χ1v) is 11.0. The molecule has 0 spiro atoms. The lowest BCUT2D eigenvalue weighted by molar-refractivity contribution is -0.120. The highest BCUT2D eigenvalue weighted by molar-refractivity contribution is 6.02. The van der Waals surface area contributed by atoms with Crippen molar-refractivity contribution in [2.45, 2.75) is 44.2 Å². The normalized spacial score (nSPS) is 24.0. The van der Waals surface area contributed by atoms with Crippen LogP contribution in [0.4, 0.5) is 5.69 Å². The van der Waals surface area contributed by atoms with E-state index in [1.807, 2.05) is 28.9 Å². The molecule has 5 rings (SSSR count). The maximum absolute atomic E-state index is 13.0. The van der Waals surface area contributed by atoms with Gasteiger partial charge in [0.05, 0.1) is 11.7 Å². The van der Waals surface area contributed by atoms with E-state index in [1.54, 1.807) is 7.05 Å². The molecule has 1 aromatic heterocycles. The molecule has 1 N–H and O–H groups in total. The zero-order chi connectivity index (χ0) is 21.4. The van der Waals surface area contributed by atoms with Crippen LogP contribution >= 0.6 is 0 Å². The molecular formula is C22H27N5O4. The molecule has 3 aliphatic heterocycles. The number of rotatable bonds is 3. The van der Waals surface area contributed by atoms with E-state index < -0.39 is 11.9 Å². The second kappa shape index (κ2) is 8.30. The van der Waals surface area contributed by atoms with Crippen molar-refractivity contribution in [1.82, 2.24) is 20.1 Å². The van der Waals surface area contributed by atoms with Gasteiger partial charge in [-0.1, -0.05) is 12.1 Å². The third kappa shape index (κ3) is 3.78. The Kier molecular flexibility index (Phi) is 5.35. The number of aromatic nitrogens is 3. The molecule has 0 aliphatic carbocycles. The first kappa shape index (κ1) is 20.0. The van der Waals surface area contributed by atoms with E-state index in [0.717, 1.165) is 51.1 Å². The number of para-hydroxylation sites is 2. The number of anilines is 1. The minimum atomic E-state index is -0.809. The highest BCUT2D eigenvalue weighted by Crippen LogP contribution is 2.35. The van der Waals surface area contributed by atoms with Gasteiger partial charge in [0, 0.05) is 26.7 Å². The average molecular weight is 425 g/mol. The number of fused-ring (bicyclic) bond motifs is 2. The first-order valence-electron chi connectivity index (χ1n) is 11.0. The molecule has 164 valence electrons. The number of ether oxygens (including phenoxy) is 2. The molecule has 0 unspecified atom stereocenters. The predicted octanol–water partition coefficient (Wildman–Crippen LogP) is 1.74. The van der Waals surface area contributed by atoms with Crippen LogP contribution in [0.5, 0.6) is 5.75 Å². The third-order valence-electron chi connectivity index (χ3n) is 6.50. The zero-order valence-electron chi connectivity index (χ0n) is 17.6. The van der Waals surface area contributed by atoms with Crippen molar-refractivity contribution in [3.05, 3.63) is 35.9 Å².